The highest BCUT2D eigenvalue weighted by Crippen LogP contribution is 2.23. The summed E-state index contributed by atoms with van der Waals surface area (Å²) in [6.45, 7) is 3.44. The fourth-order valence-electron chi connectivity index (χ4n) is 2.49. The molecule has 0 aliphatic heterocycles. The zero-order valence-electron chi connectivity index (χ0n) is 13.1. The normalized spacial score (nSPS) is 10.6. The summed E-state index contributed by atoms with van der Waals surface area (Å²) in [6.07, 6.45) is 4.05. The number of carbonyl (C=O) groups is 1. The molecule has 22 heavy (non-hydrogen) atoms. The summed E-state index contributed by atoms with van der Waals surface area (Å²) in [7, 11) is 0. The minimum atomic E-state index is -0.112. The van der Waals surface area contributed by atoms with E-state index in [9.17, 15) is 9.90 Å². The minimum Gasteiger partial charge on any atom is -0.508 e. The highest BCUT2D eigenvalue weighted by molar-refractivity contribution is 5.87. The van der Waals surface area contributed by atoms with Gasteiger partial charge in [-0.3, -0.25) is 0 Å². The predicted octanol–water partition coefficient (Wildman–Crippen LogP) is 3.58. The van der Waals surface area contributed by atoms with Crippen LogP contribution >= 0.6 is 0 Å². The van der Waals surface area contributed by atoms with Crippen molar-refractivity contribution < 1.29 is 9.90 Å². The smallest absolute Gasteiger partial charge is 0.314 e. The second-order valence-corrected chi connectivity index (χ2v) is 5.46. The number of benzene rings is 2. The molecule has 2 rings (SSSR count). The zero-order chi connectivity index (χ0) is 15.8. The average molecular weight is 300 g/mol. The Morgan fingerprint density at radius 3 is 2.73 bits per heavy atom. The molecule has 0 unspecified atom stereocenters. The molecule has 0 aromatic heterocycles. The van der Waals surface area contributed by atoms with Crippen LogP contribution in [0.15, 0.2) is 36.4 Å². The number of rotatable bonds is 7. The first-order chi connectivity index (χ1) is 10.7. The van der Waals surface area contributed by atoms with E-state index in [1.54, 1.807) is 12.1 Å². The van der Waals surface area contributed by atoms with Gasteiger partial charge in [-0.25, -0.2) is 4.79 Å². The van der Waals surface area contributed by atoms with Gasteiger partial charge >= 0.3 is 6.03 Å². The van der Waals surface area contributed by atoms with E-state index in [2.05, 4.69) is 17.6 Å². The molecular formula is C18H24N2O2. The lowest BCUT2D eigenvalue weighted by atomic mass is 10.0. The number of fused-ring (bicyclic) bond motifs is 1. The number of aromatic hydroxyl groups is 1. The highest BCUT2D eigenvalue weighted by Gasteiger charge is 2.03. The van der Waals surface area contributed by atoms with Crippen LogP contribution in [0, 0.1) is 0 Å². The third-order valence-corrected chi connectivity index (χ3v) is 3.70. The monoisotopic (exact) mass is 300 g/mol. The third kappa shape index (κ3) is 4.65. The fraction of sp³-hybridized carbons (Fsp3) is 0.389. The molecule has 0 aliphatic carbocycles. The molecule has 118 valence electrons. The van der Waals surface area contributed by atoms with Crippen LogP contribution in [0.25, 0.3) is 10.8 Å². The van der Waals surface area contributed by atoms with Crippen molar-refractivity contribution in [2.24, 2.45) is 0 Å². The Labute approximate surface area is 131 Å². The summed E-state index contributed by atoms with van der Waals surface area (Å²) in [4.78, 5) is 11.7. The number of phenols is 1. The Kier molecular flexibility index (Phi) is 6.07. The van der Waals surface area contributed by atoms with Crippen molar-refractivity contribution in [2.45, 2.75) is 32.6 Å². The van der Waals surface area contributed by atoms with Gasteiger partial charge in [-0.15, -0.1) is 0 Å². The molecule has 0 bridgehead atoms. The molecule has 3 N–H and O–H groups in total. The van der Waals surface area contributed by atoms with Crippen molar-refractivity contribution in [2.75, 3.05) is 13.1 Å². The number of nitrogens with one attached hydrogen (secondary N) is 2. The fourth-order valence-corrected chi connectivity index (χ4v) is 2.49. The molecule has 0 radical (unpaired) electrons. The van der Waals surface area contributed by atoms with Crippen LogP contribution in [0.4, 0.5) is 4.79 Å². The third-order valence-electron chi connectivity index (χ3n) is 3.70. The van der Waals surface area contributed by atoms with Gasteiger partial charge in [0.05, 0.1) is 0 Å². The summed E-state index contributed by atoms with van der Waals surface area (Å²) in [5.74, 6) is 0.265. The highest BCUT2D eigenvalue weighted by atomic mass is 16.3. The number of urea groups is 1. The van der Waals surface area contributed by atoms with Crippen molar-refractivity contribution in [1.29, 1.82) is 0 Å². The summed E-state index contributed by atoms with van der Waals surface area (Å²) in [6, 6.07) is 11.3. The molecule has 2 aromatic carbocycles. The maximum absolute atomic E-state index is 11.7. The average Bonchev–Trinajstić information content (AvgIpc) is 2.52. The van der Waals surface area contributed by atoms with Gasteiger partial charge in [-0.2, -0.15) is 0 Å². The summed E-state index contributed by atoms with van der Waals surface area (Å²) in [5, 5.41) is 17.5. The van der Waals surface area contributed by atoms with Crippen LogP contribution in [0.1, 0.15) is 31.7 Å². The van der Waals surface area contributed by atoms with Gasteiger partial charge < -0.3 is 15.7 Å². The van der Waals surface area contributed by atoms with Gasteiger partial charge in [-0.1, -0.05) is 44.0 Å². The van der Waals surface area contributed by atoms with E-state index in [-0.39, 0.29) is 11.8 Å². The SMILES string of the molecule is CCCCCNC(=O)NCCc1cccc2ccc(O)cc12. The molecule has 0 spiro atoms. The van der Waals surface area contributed by atoms with Crippen LogP contribution in [0.3, 0.4) is 0 Å². The first-order valence-corrected chi connectivity index (χ1v) is 7.93. The Morgan fingerprint density at radius 2 is 1.91 bits per heavy atom. The van der Waals surface area contributed by atoms with Crippen LogP contribution in [-0.2, 0) is 6.42 Å². The molecule has 0 atom stereocenters. The quantitative estimate of drug-likeness (QED) is 0.684. The standard InChI is InChI=1S/C18H24N2O2/c1-2-3-4-11-19-18(22)20-12-10-15-7-5-6-14-8-9-16(21)13-17(14)15/h5-9,13,21H,2-4,10-12H2,1H3,(H2,19,20,22). The summed E-state index contributed by atoms with van der Waals surface area (Å²) in [5.41, 5.74) is 1.12. The van der Waals surface area contributed by atoms with Gasteiger partial charge in [0.25, 0.3) is 0 Å². The zero-order valence-corrected chi connectivity index (χ0v) is 13.1. The van der Waals surface area contributed by atoms with Crippen LogP contribution in [-0.4, -0.2) is 24.2 Å². The van der Waals surface area contributed by atoms with Crippen molar-refractivity contribution in [3.63, 3.8) is 0 Å². The topological polar surface area (TPSA) is 61.4 Å². The van der Waals surface area contributed by atoms with Crippen LogP contribution in [0.2, 0.25) is 0 Å². The molecule has 0 saturated heterocycles. The van der Waals surface area contributed by atoms with E-state index in [1.807, 2.05) is 24.3 Å². The molecular weight excluding hydrogens is 276 g/mol. The molecule has 0 aliphatic rings. The van der Waals surface area contributed by atoms with E-state index >= 15 is 0 Å². The first-order valence-electron chi connectivity index (χ1n) is 7.93. The Morgan fingerprint density at radius 1 is 1.09 bits per heavy atom. The van der Waals surface area contributed by atoms with E-state index in [4.69, 9.17) is 0 Å². The maximum Gasteiger partial charge on any atom is 0.314 e. The number of hydrogen-bond acceptors (Lipinski definition) is 2. The molecule has 2 amide bonds. The number of unbranched alkanes of at least 4 members (excludes halogenated alkanes) is 2. The van der Waals surface area contributed by atoms with Crippen LogP contribution in [0.5, 0.6) is 5.75 Å². The van der Waals surface area contributed by atoms with Gasteiger partial charge in [0.2, 0.25) is 0 Å². The molecule has 0 heterocycles. The lowest BCUT2D eigenvalue weighted by Gasteiger charge is -2.09. The number of phenolic OH excluding ortho intramolecular Hbond substituents is 1. The van der Waals surface area contributed by atoms with Crippen molar-refractivity contribution in [3.8, 4) is 5.75 Å². The first kappa shape index (κ1) is 16.1. The van der Waals surface area contributed by atoms with Crippen molar-refractivity contribution in [3.05, 3.63) is 42.0 Å². The minimum absolute atomic E-state index is 0.112. The van der Waals surface area contributed by atoms with E-state index < -0.39 is 0 Å². The van der Waals surface area contributed by atoms with E-state index in [0.29, 0.717) is 6.54 Å². The Balaban J connectivity index is 1.84. The molecule has 0 saturated carbocycles. The van der Waals surface area contributed by atoms with Gasteiger partial charge in [0.15, 0.2) is 0 Å². The molecule has 2 aromatic rings. The Bertz CT molecular complexity index is 626. The summed E-state index contributed by atoms with van der Waals surface area (Å²) < 4.78 is 0. The summed E-state index contributed by atoms with van der Waals surface area (Å²) >= 11 is 0. The Hall–Kier alpha value is -2.23. The largest absolute Gasteiger partial charge is 0.508 e. The number of carbonyl (C=O) groups excluding carboxylic acids is 1. The van der Waals surface area contributed by atoms with Gasteiger partial charge in [0, 0.05) is 13.1 Å². The van der Waals surface area contributed by atoms with Crippen molar-refractivity contribution in [1.82, 2.24) is 10.6 Å². The number of hydrogen-bond donors (Lipinski definition) is 3. The van der Waals surface area contributed by atoms with Gasteiger partial charge in [-0.05, 0) is 41.3 Å². The van der Waals surface area contributed by atoms with E-state index in [0.717, 1.165) is 48.6 Å². The van der Waals surface area contributed by atoms with Crippen molar-refractivity contribution >= 4 is 16.8 Å². The lowest BCUT2D eigenvalue weighted by molar-refractivity contribution is 0.241. The molecule has 0 fully saturated rings. The lowest BCUT2D eigenvalue weighted by Crippen LogP contribution is -2.37. The molecule has 4 heteroatoms. The van der Waals surface area contributed by atoms with E-state index in [1.165, 1.54) is 0 Å². The second kappa shape index (κ2) is 8.27. The molecule has 4 nitrogen and oxygen atoms in total. The second-order valence-electron chi connectivity index (χ2n) is 5.46. The predicted molar refractivity (Wildman–Crippen MR) is 90.2 cm³/mol. The maximum atomic E-state index is 11.7. The number of amides is 2. The van der Waals surface area contributed by atoms with Crippen LogP contribution < -0.4 is 10.6 Å². The van der Waals surface area contributed by atoms with Gasteiger partial charge in [0.1, 0.15) is 5.75 Å².